The first kappa shape index (κ1) is 13.6. The maximum absolute atomic E-state index is 12.7. The molecule has 2 rings (SSSR count). The second kappa shape index (κ2) is 4.36. The Labute approximate surface area is 103 Å². The topological polar surface area (TPSA) is 0 Å². The van der Waals surface area contributed by atoms with Crippen LogP contribution in [0, 0.1) is 6.07 Å². The zero-order valence-electron chi connectivity index (χ0n) is 8.82. The second-order valence-corrected chi connectivity index (χ2v) is 5.02. The van der Waals surface area contributed by atoms with E-state index >= 15 is 0 Å². The molecule has 1 saturated heterocycles. The number of halogens is 6. The van der Waals surface area contributed by atoms with Crippen molar-refractivity contribution < 1.29 is 26.3 Å². The van der Waals surface area contributed by atoms with Crippen molar-refractivity contribution in [1.29, 1.82) is 0 Å². The Kier molecular flexibility index (Phi) is 3.29. The molecule has 1 aliphatic heterocycles. The molecule has 0 aliphatic carbocycles. The van der Waals surface area contributed by atoms with E-state index in [9.17, 15) is 26.3 Å². The molecule has 0 nitrogen and oxygen atoms in total. The third-order valence-corrected chi connectivity index (χ3v) is 3.93. The predicted molar refractivity (Wildman–Crippen MR) is 55.3 cm³/mol. The number of alkyl halides is 6. The summed E-state index contributed by atoms with van der Waals surface area (Å²) in [6.07, 6.45) is -9.57. The van der Waals surface area contributed by atoms with Crippen molar-refractivity contribution >= 4 is 11.8 Å². The summed E-state index contributed by atoms with van der Waals surface area (Å²) < 4.78 is 75.4. The Balaban J connectivity index is 2.48. The van der Waals surface area contributed by atoms with Gasteiger partial charge in [-0.3, -0.25) is 0 Å². The van der Waals surface area contributed by atoms with E-state index in [1.54, 1.807) is 0 Å². The predicted octanol–water partition coefficient (Wildman–Crippen LogP) is 4.35. The van der Waals surface area contributed by atoms with Gasteiger partial charge < -0.3 is 0 Å². The van der Waals surface area contributed by atoms with Crippen LogP contribution in [0.2, 0.25) is 0 Å². The smallest absolute Gasteiger partial charge is 0.166 e. The molecule has 1 aromatic rings. The average Bonchev–Trinajstić information content (AvgIpc) is 2.11. The molecule has 1 radical (unpaired) electrons. The van der Waals surface area contributed by atoms with Crippen molar-refractivity contribution in [2.75, 3.05) is 11.5 Å². The lowest BCUT2D eigenvalue weighted by Crippen LogP contribution is -2.22. The van der Waals surface area contributed by atoms with Crippen molar-refractivity contribution in [2.45, 2.75) is 18.3 Å². The summed E-state index contributed by atoms with van der Waals surface area (Å²) in [6, 6.07) is 2.93. The van der Waals surface area contributed by atoms with Crippen LogP contribution in [0.3, 0.4) is 0 Å². The van der Waals surface area contributed by atoms with Crippen molar-refractivity contribution in [1.82, 2.24) is 0 Å². The Bertz CT molecular complexity index is 444. The van der Waals surface area contributed by atoms with Gasteiger partial charge in [-0.05, 0) is 23.8 Å². The fourth-order valence-electron chi connectivity index (χ4n) is 1.65. The largest absolute Gasteiger partial charge is 0.416 e. The van der Waals surface area contributed by atoms with Gasteiger partial charge in [0.05, 0.1) is 11.1 Å². The minimum Gasteiger partial charge on any atom is -0.166 e. The SMILES string of the molecule is FC(F)(F)c1c[c]c(C2CSC2)c(C(F)(F)F)c1. The molecule has 0 amide bonds. The molecule has 0 N–H and O–H groups in total. The molecule has 0 atom stereocenters. The standard InChI is InChI=1S/C11H7F6S/c12-10(13,14)7-1-2-8(6-4-18-5-6)9(3-7)11(15,16)17/h1,3,6H,4-5H2. The van der Waals surface area contributed by atoms with Crippen LogP contribution in [-0.4, -0.2) is 11.5 Å². The normalized spacial score (nSPS) is 17.7. The molecular weight excluding hydrogens is 278 g/mol. The van der Waals surface area contributed by atoms with Crippen LogP contribution < -0.4 is 0 Å². The highest BCUT2D eigenvalue weighted by Gasteiger charge is 2.40. The molecule has 1 heterocycles. The number of benzene rings is 1. The summed E-state index contributed by atoms with van der Waals surface area (Å²) in [5.74, 6) is 0.629. The Morgan fingerprint density at radius 1 is 1.06 bits per heavy atom. The Hall–Kier alpha value is -0.850. The zero-order valence-corrected chi connectivity index (χ0v) is 9.64. The second-order valence-electron chi connectivity index (χ2n) is 3.95. The average molecular weight is 285 g/mol. The highest BCUT2D eigenvalue weighted by Crippen LogP contribution is 2.43. The van der Waals surface area contributed by atoms with Crippen molar-refractivity contribution in [3.63, 3.8) is 0 Å². The summed E-state index contributed by atoms with van der Waals surface area (Å²) in [5, 5.41) is 0. The van der Waals surface area contributed by atoms with E-state index in [2.05, 4.69) is 6.07 Å². The maximum atomic E-state index is 12.7. The van der Waals surface area contributed by atoms with Crippen molar-refractivity contribution in [3.8, 4) is 0 Å². The molecule has 0 bridgehead atoms. The molecule has 7 heteroatoms. The van der Waals surface area contributed by atoms with Gasteiger partial charge in [0, 0.05) is 17.4 Å². The minimum absolute atomic E-state index is 0.158. The first-order valence-electron chi connectivity index (χ1n) is 4.97. The molecule has 99 valence electrons. The molecule has 1 aliphatic rings. The number of hydrogen-bond acceptors (Lipinski definition) is 1. The molecule has 0 saturated carbocycles. The Morgan fingerprint density at radius 3 is 2.06 bits per heavy atom. The lowest BCUT2D eigenvalue weighted by Gasteiger charge is -2.28. The van der Waals surface area contributed by atoms with Crippen molar-refractivity contribution in [2.24, 2.45) is 0 Å². The summed E-state index contributed by atoms with van der Waals surface area (Å²) in [5.41, 5.74) is -2.69. The first-order valence-corrected chi connectivity index (χ1v) is 6.13. The molecule has 1 fully saturated rings. The van der Waals surface area contributed by atoms with Crippen LogP contribution in [0.25, 0.3) is 0 Å². The summed E-state index contributed by atoms with van der Waals surface area (Å²) >= 11 is 1.46. The maximum Gasteiger partial charge on any atom is 0.416 e. The third-order valence-electron chi connectivity index (χ3n) is 2.65. The van der Waals surface area contributed by atoms with Gasteiger partial charge in [0.25, 0.3) is 0 Å². The van der Waals surface area contributed by atoms with Gasteiger partial charge in [0.2, 0.25) is 0 Å². The van der Waals surface area contributed by atoms with Gasteiger partial charge in [-0.1, -0.05) is 0 Å². The van der Waals surface area contributed by atoms with Gasteiger partial charge >= 0.3 is 12.4 Å². The van der Waals surface area contributed by atoms with Crippen molar-refractivity contribution in [3.05, 3.63) is 34.9 Å². The highest BCUT2D eigenvalue weighted by atomic mass is 32.2. The molecule has 0 spiro atoms. The van der Waals surface area contributed by atoms with Gasteiger partial charge in [-0.2, -0.15) is 38.1 Å². The van der Waals surface area contributed by atoms with E-state index in [1.165, 1.54) is 11.8 Å². The van der Waals surface area contributed by atoms with Crippen LogP contribution >= 0.6 is 11.8 Å². The van der Waals surface area contributed by atoms with Gasteiger partial charge in [-0.25, -0.2) is 0 Å². The lowest BCUT2D eigenvalue weighted by molar-refractivity contribution is -0.143. The fraction of sp³-hybridized carbons (Fsp3) is 0.455. The molecule has 18 heavy (non-hydrogen) atoms. The molecule has 0 aromatic heterocycles. The van der Waals surface area contributed by atoms with Crippen LogP contribution in [0.4, 0.5) is 26.3 Å². The van der Waals surface area contributed by atoms with E-state index in [4.69, 9.17) is 0 Å². The van der Waals surface area contributed by atoms with E-state index in [0.29, 0.717) is 17.6 Å². The molecule has 1 aromatic carbocycles. The minimum atomic E-state index is -4.79. The van der Waals surface area contributed by atoms with Crippen LogP contribution in [0.5, 0.6) is 0 Å². The molecular formula is C11H7F6S. The summed E-state index contributed by atoms with van der Waals surface area (Å²) in [6.45, 7) is 0. The van der Waals surface area contributed by atoms with Crippen LogP contribution in [0.1, 0.15) is 22.6 Å². The van der Waals surface area contributed by atoms with E-state index in [0.717, 1.165) is 0 Å². The molecule has 0 unspecified atom stereocenters. The number of rotatable bonds is 1. The third kappa shape index (κ3) is 2.60. The van der Waals surface area contributed by atoms with Gasteiger partial charge in [0.1, 0.15) is 0 Å². The summed E-state index contributed by atoms with van der Waals surface area (Å²) in [4.78, 5) is 0. The zero-order chi connectivity index (χ0) is 13.6. The highest BCUT2D eigenvalue weighted by molar-refractivity contribution is 8.00. The fourth-order valence-corrected chi connectivity index (χ4v) is 2.45. The number of thioether (sulfide) groups is 1. The van der Waals surface area contributed by atoms with E-state index < -0.39 is 23.5 Å². The number of hydrogen-bond donors (Lipinski definition) is 0. The van der Waals surface area contributed by atoms with E-state index in [1.807, 2.05) is 0 Å². The Morgan fingerprint density at radius 2 is 1.67 bits per heavy atom. The van der Waals surface area contributed by atoms with Crippen LogP contribution in [0.15, 0.2) is 12.1 Å². The first-order chi connectivity index (χ1) is 8.19. The van der Waals surface area contributed by atoms with Gasteiger partial charge in [-0.15, -0.1) is 0 Å². The van der Waals surface area contributed by atoms with E-state index in [-0.39, 0.29) is 17.5 Å². The van der Waals surface area contributed by atoms with Crippen LogP contribution in [-0.2, 0) is 12.4 Å². The summed E-state index contributed by atoms with van der Waals surface area (Å²) in [7, 11) is 0. The quantitative estimate of drug-likeness (QED) is 0.691. The lowest BCUT2D eigenvalue weighted by atomic mass is 9.94. The van der Waals surface area contributed by atoms with Gasteiger partial charge in [0.15, 0.2) is 0 Å². The monoisotopic (exact) mass is 285 g/mol.